The average Bonchev–Trinajstić information content (AvgIpc) is 2.90. The summed E-state index contributed by atoms with van der Waals surface area (Å²) in [6.07, 6.45) is 2.79. The van der Waals surface area contributed by atoms with Crippen LogP contribution >= 0.6 is 0 Å². The summed E-state index contributed by atoms with van der Waals surface area (Å²) < 4.78 is 24.8. The van der Waals surface area contributed by atoms with E-state index >= 15 is 0 Å². The third-order valence-electron chi connectivity index (χ3n) is 3.44. The summed E-state index contributed by atoms with van der Waals surface area (Å²) in [6.45, 7) is 1.83. The summed E-state index contributed by atoms with van der Waals surface area (Å²) in [5.41, 5.74) is 1.90. The Hall–Kier alpha value is -1.76. The van der Waals surface area contributed by atoms with Crippen LogP contribution in [0, 0.1) is 6.92 Å². The number of fused-ring (bicyclic) bond motifs is 1. The van der Waals surface area contributed by atoms with Gasteiger partial charge in [-0.05, 0) is 19.4 Å². The molecular formula is C12H13N3O3S. The minimum Gasteiger partial charge on any atom is -0.298 e. The smallest absolute Gasteiger partial charge is 0.158 e. The third-order valence-corrected chi connectivity index (χ3v) is 5.19. The highest BCUT2D eigenvalue weighted by Gasteiger charge is 2.31. The van der Waals surface area contributed by atoms with Crippen LogP contribution < -0.4 is 0 Å². The Bertz CT molecular complexity index is 764. The number of hydrogen-bond acceptors (Lipinski definition) is 5. The molecule has 100 valence electrons. The lowest BCUT2D eigenvalue weighted by atomic mass is 10.2. The Balaban J connectivity index is 2.13. The number of rotatable bonds is 2. The number of carbonyl (C=O) groups is 1. The second-order valence-corrected chi connectivity index (χ2v) is 7.07. The fourth-order valence-electron chi connectivity index (χ4n) is 2.47. The van der Waals surface area contributed by atoms with Crippen LogP contribution in [0.25, 0.3) is 11.0 Å². The van der Waals surface area contributed by atoms with Gasteiger partial charge in [-0.1, -0.05) is 0 Å². The van der Waals surface area contributed by atoms with E-state index in [1.807, 2.05) is 6.92 Å². The van der Waals surface area contributed by atoms with Gasteiger partial charge >= 0.3 is 0 Å². The highest BCUT2D eigenvalue weighted by molar-refractivity contribution is 7.91. The van der Waals surface area contributed by atoms with E-state index in [4.69, 9.17) is 0 Å². The number of aldehydes is 1. The zero-order chi connectivity index (χ0) is 13.6. The first kappa shape index (κ1) is 12.3. The van der Waals surface area contributed by atoms with E-state index in [-0.39, 0.29) is 17.5 Å². The van der Waals surface area contributed by atoms with Gasteiger partial charge in [0, 0.05) is 17.1 Å². The van der Waals surface area contributed by atoms with Crippen LogP contribution in [0.3, 0.4) is 0 Å². The first-order chi connectivity index (χ1) is 9.00. The van der Waals surface area contributed by atoms with Gasteiger partial charge in [-0.25, -0.2) is 18.1 Å². The van der Waals surface area contributed by atoms with Crippen molar-refractivity contribution in [3.63, 3.8) is 0 Å². The molecule has 2 aromatic rings. The molecule has 2 aromatic heterocycles. The molecule has 0 spiro atoms. The summed E-state index contributed by atoms with van der Waals surface area (Å²) in [6, 6.07) is 1.58. The van der Waals surface area contributed by atoms with E-state index in [9.17, 15) is 13.2 Å². The Morgan fingerprint density at radius 3 is 2.89 bits per heavy atom. The molecule has 1 saturated heterocycles. The molecular weight excluding hydrogens is 266 g/mol. The van der Waals surface area contributed by atoms with Gasteiger partial charge in [-0.3, -0.25) is 4.79 Å². The molecule has 1 atom stereocenters. The number of aryl methyl sites for hydroxylation is 1. The predicted octanol–water partition coefficient (Wildman–Crippen LogP) is 0.912. The van der Waals surface area contributed by atoms with Crippen LogP contribution in [0.5, 0.6) is 0 Å². The molecule has 19 heavy (non-hydrogen) atoms. The molecule has 3 heterocycles. The largest absolute Gasteiger partial charge is 0.298 e. The third kappa shape index (κ3) is 2.03. The summed E-state index contributed by atoms with van der Waals surface area (Å²) in [4.78, 5) is 15.0. The van der Waals surface area contributed by atoms with Crippen LogP contribution in [-0.4, -0.2) is 41.0 Å². The standard InChI is InChI=1S/C12H13N3O3S/c1-8-11-4-9(6-16)5-13-12(11)15(14-8)10-2-3-19(17,18)7-10/h4-6,10H,2-3,7H2,1H3. The fourth-order valence-corrected chi connectivity index (χ4v) is 4.16. The van der Waals surface area contributed by atoms with Crippen molar-refractivity contribution in [3.8, 4) is 0 Å². The minimum absolute atomic E-state index is 0.111. The predicted molar refractivity (Wildman–Crippen MR) is 70.0 cm³/mol. The maximum Gasteiger partial charge on any atom is 0.158 e. The first-order valence-corrected chi connectivity index (χ1v) is 7.83. The molecule has 0 bridgehead atoms. The number of hydrogen-bond donors (Lipinski definition) is 0. The van der Waals surface area contributed by atoms with E-state index < -0.39 is 9.84 Å². The highest BCUT2D eigenvalue weighted by atomic mass is 32.2. The summed E-state index contributed by atoms with van der Waals surface area (Å²) >= 11 is 0. The molecule has 1 aliphatic rings. The van der Waals surface area contributed by atoms with Crippen LogP contribution in [0.15, 0.2) is 12.3 Å². The normalized spacial score (nSPS) is 21.8. The number of sulfone groups is 1. The van der Waals surface area contributed by atoms with E-state index in [2.05, 4.69) is 10.1 Å². The second kappa shape index (κ2) is 4.12. The van der Waals surface area contributed by atoms with Gasteiger partial charge in [0.2, 0.25) is 0 Å². The molecule has 3 rings (SSSR count). The summed E-state index contributed by atoms with van der Waals surface area (Å²) in [7, 11) is -2.96. The monoisotopic (exact) mass is 279 g/mol. The van der Waals surface area contributed by atoms with Crippen molar-refractivity contribution < 1.29 is 13.2 Å². The molecule has 0 aliphatic carbocycles. The van der Waals surface area contributed by atoms with Crippen molar-refractivity contribution in [3.05, 3.63) is 23.5 Å². The lowest BCUT2D eigenvalue weighted by Crippen LogP contribution is -2.13. The Morgan fingerprint density at radius 1 is 1.47 bits per heavy atom. The molecule has 6 nitrogen and oxygen atoms in total. The van der Waals surface area contributed by atoms with Crippen molar-refractivity contribution in [2.75, 3.05) is 11.5 Å². The minimum atomic E-state index is -2.96. The van der Waals surface area contributed by atoms with E-state index in [0.717, 1.165) is 17.4 Å². The van der Waals surface area contributed by atoms with Gasteiger partial charge in [0.05, 0.1) is 23.2 Å². The lowest BCUT2D eigenvalue weighted by molar-refractivity contribution is 0.112. The SMILES string of the molecule is Cc1nn(C2CCS(=O)(=O)C2)c2ncc(C=O)cc12. The average molecular weight is 279 g/mol. The van der Waals surface area contributed by atoms with Gasteiger partial charge < -0.3 is 0 Å². The van der Waals surface area contributed by atoms with Gasteiger partial charge in [-0.15, -0.1) is 0 Å². The summed E-state index contributed by atoms with van der Waals surface area (Å²) in [5.74, 6) is 0.310. The topological polar surface area (TPSA) is 81.9 Å². The molecule has 0 amide bonds. The Labute approximate surface area is 110 Å². The van der Waals surface area contributed by atoms with Crippen LogP contribution in [-0.2, 0) is 9.84 Å². The quantitative estimate of drug-likeness (QED) is 0.763. The zero-order valence-corrected chi connectivity index (χ0v) is 11.2. The van der Waals surface area contributed by atoms with E-state index in [0.29, 0.717) is 17.6 Å². The van der Waals surface area contributed by atoms with E-state index in [1.165, 1.54) is 6.20 Å². The van der Waals surface area contributed by atoms with Crippen molar-refractivity contribution >= 4 is 27.2 Å². The number of aromatic nitrogens is 3. The second-order valence-electron chi connectivity index (χ2n) is 4.84. The molecule has 1 unspecified atom stereocenters. The lowest BCUT2D eigenvalue weighted by Gasteiger charge is -2.08. The Kier molecular flexibility index (Phi) is 2.67. The van der Waals surface area contributed by atoms with Crippen molar-refractivity contribution in [2.45, 2.75) is 19.4 Å². The number of carbonyl (C=O) groups excluding carboxylic acids is 1. The van der Waals surface area contributed by atoms with Crippen molar-refractivity contribution in [2.24, 2.45) is 0 Å². The summed E-state index contributed by atoms with van der Waals surface area (Å²) in [5, 5.41) is 5.19. The Morgan fingerprint density at radius 2 is 2.26 bits per heavy atom. The maximum atomic E-state index is 11.5. The van der Waals surface area contributed by atoms with Gasteiger partial charge in [-0.2, -0.15) is 5.10 Å². The van der Waals surface area contributed by atoms with Crippen LogP contribution in [0.1, 0.15) is 28.5 Å². The highest BCUT2D eigenvalue weighted by Crippen LogP contribution is 2.27. The van der Waals surface area contributed by atoms with E-state index in [1.54, 1.807) is 10.7 Å². The number of nitrogens with zero attached hydrogens (tertiary/aromatic N) is 3. The molecule has 0 N–H and O–H groups in total. The molecule has 1 fully saturated rings. The molecule has 0 aromatic carbocycles. The van der Waals surface area contributed by atoms with Crippen LogP contribution in [0.2, 0.25) is 0 Å². The van der Waals surface area contributed by atoms with Gasteiger partial charge in [0.25, 0.3) is 0 Å². The van der Waals surface area contributed by atoms with Crippen LogP contribution in [0.4, 0.5) is 0 Å². The molecule has 7 heteroatoms. The maximum absolute atomic E-state index is 11.5. The molecule has 0 saturated carbocycles. The molecule has 0 radical (unpaired) electrons. The van der Waals surface area contributed by atoms with Gasteiger partial charge in [0.1, 0.15) is 0 Å². The van der Waals surface area contributed by atoms with Gasteiger partial charge in [0.15, 0.2) is 21.8 Å². The number of pyridine rings is 1. The molecule has 1 aliphatic heterocycles. The fraction of sp³-hybridized carbons (Fsp3) is 0.417. The van der Waals surface area contributed by atoms with Crippen molar-refractivity contribution in [1.29, 1.82) is 0 Å². The zero-order valence-electron chi connectivity index (χ0n) is 10.4. The first-order valence-electron chi connectivity index (χ1n) is 6.00. The van der Waals surface area contributed by atoms with Crippen molar-refractivity contribution in [1.82, 2.24) is 14.8 Å².